The minimum atomic E-state index is -4.60. The predicted octanol–water partition coefficient (Wildman–Crippen LogP) is 5.03. The lowest BCUT2D eigenvalue weighted by Crippen LogP contribution is -2.47. The molecule has 1 atom stereocenters. The van der Waals surface area contributed by atoms with Crippen molar-refractivity contribution in [1.29, 1.82) is 0 Å². The largest absolute Gasteiger partial charge is 0.497 e. The minimum Gasteiger partial charge on any atom is -0.497 e. The van der Waals surface area contributed by atoms with E-state index in [9.17, 15) is 18.0 Å². The summed E-state index contributed by atoms with van der Waals surface area (Å²) in [6.07, 6.45) is -2.64. The molecular weight excluding hydrogens is 555 g/mol. The maximum Gasteiger partial charge on any atom is 0.433 e. The lowest BCUT2D eigenvalue weighted by atomic mass is 10.1. The van der Waals surface area contributed by atoms with E-state index in [2.05, 4.69) is 20.2 Å². The zero-order valence-electron chi connectivity index (χ0n) is 22.7. The fourth-order valence-electron chi connectivity index (χ4n) is 4.84. The van der Waals surface area contributed by atoms with Crippen molar-refractivity contribution in [3.63, 3.8) is 0 Å². The van der Waals surface area contributed by atoms with E-state index in [0.717, 1.165) is 47.7 Å². The molecule has 0 spiro atoms. The van der Waals surface area contributed by atoms with E-state index in [1.807, 2.05) is 35.2 Å². The van der Waals surface area contributed by atoms with Gasteiger partial charge in [0.25, 0.3) is 5.91 Å². The quantitative estimate of drug-likeness (QED) is 0.276. The summed E-state index contributed by atoms with van der Waals surface area (Å²) < 4.78 is 52.0. The second kappa shape index (κ2) is 13.0. The number of methoxy groups -OCH3 is 1. The van der Waals surface area contributed by atoms with Crippen LogP contribution in [0.4, 0.5) is 24.7 Å². The average molecular weight is 588 g/mol. The molecule has 2 aromatic carbocycles. The van der Waals surface area contributed by atoms with Crippen LogP contribution in [0.25, 0.3) is 0 Å². The number of anilines is 2. The third-order valence-corrected chi connectivity index (χ3v) is 8.01. The number of carbonyl (C=O) groups excluding carboxylic acids is 1. The van der Waals surface area contributed by atoms with E-state index in [-0.39, 0.29) is 23.0 Å². The highest BCUT2D eigenvalue weighted by atomic mass is 32.2. The molecule has 8 nitrogen and oxygen atoms in total. The minimum absolute atomic E-state index is 0.0374. The first kappa shape index (κ1) is 29.0. The van der Waals surface area contributed by atoms with Crippen LogP contribution in [0.2, 0.25) is 0 Å². The summed E-state index contributed by atoms with van der Waals surface area (Å²) in [4.78, 5) is 24.9. The smallest absolute Gasteiger partial charge is 0.433 e. The number of hydrogen-bond acceptors (Lipinski definition) is 8. The highest BCUT2D eigenvalue weighted by Crippen LogP contribution is 2.33. The topological polar surface area (TPSA) is 79.8 Å². The van der Waals surface area contributed by atoms with Gasteiger partial charge in [-0.05, 0) is 54.8 Å². The van der Waals surface area contributed by atoms with Gasteiger partial charge in [0.05, 0.1) is 13.2 Å². The van der Waals surface area contributed by atoms with Gasteiger partial charge in [-0.1, -0.05) is 23.9 Å². The average Bonchev–Trinajstić information content (AvgIpc) is 3.52. The molecule has 3 heterocycles. The standard InChI is InChI=1S/C29H32F3N5O3S/c1-39-23-9-7-22(8-10-23)36-11-13-37(14-12-36)26-17-25(29(30,31)32)34-28(35-26)41-19-20-4-2-5-21(16-20)27(38)33-18-24-6-3-15-40-24/h2,4-5,7-10,16-17,24H,3,6,11-15,18-19H2,1H3,(H,33,38). The van der Waals surface area contributed by atoms with Gasteiger partial charge in [0.2, 0.25) is 0 Å². The van der Waals surface area contributed by atoms with E-state index in [0.29, 0.717) is 50.6 Å². The monoisotopic (exact) mass is 587 g/mol. The third kappa shape index (κ3) is 7.62. The van der Waals surface area contributed by atoms with Crippen LogP contribution in [0.3, 0.4) is 0 Å². The Morgan fingerprint density at radius 1 is 1.07 bits per heavy atom. The molecule has 0 radical (unpaired) electrons. The number of hydrogen-bond donors (Lipinski definition) is 1. The van der Waals surface area contributed by atoms with Crippen LogP contribution in [0.5, 0.6) is 5.75 Å². The number of amides is 1. The number of benzene rings is 2. The number of carbonyl (C=O) groups is 1. The van der Waals surface area contributed by atoms with Gasteiger partial charge < -0.3 is 24.6 Å². The van der Waals surface area contributed by atoms with Crippen molar-refractivity contribution in [2.24, 2.45) is 0 Å². The molecule has 12 heteroatoms. The Morgan fingerprint density at radius 2 is 1.83 bits per heavy atom. The van der Waals surface area contributed by atoms with Crippen LogP contribution < -0.4 is 19.9 Å². The fraction of sp³-hybridized carbons (Fsp3) is 0.414. The highest BCUT2D eigenvalue weighted by Gasteiger charge is 2.34. The molecule has 41 heavy (non-hydrogen) atoms. The molecule has 1 amide bonds. The summed E-state index contributed by atoms with van der Waals surface area (Å²) in [7, 11) is 1.61. The van der Waals surface area contributed by atoms with E-state index in [1.165, 1.54) is 0 Å². The second-order valence-corrected chi connectivity index (χ2v) is 10.8. The first-order chi connectivity index (χ1) is 19.8. The lowest BCUT2D eigenvalue weighted by Gasteiger charge is -2.37. The van der Waals surface area contributed by atoms with Crippen LogP contribution in [0.1, 0.15) is 34.5 Å². The maximum atomic E-state index is 13.8. The molecular formula is C29H32F3N5O3S. The number of halogens is 3. The highest BCUT2D eigenvalue weighted by molar-refractivity contribution is 7.98. The number of nitrogens with one attached hydrogen (secondary N) is 1. The Labute approximate surface area is 241 Å². The van der Waals surface area contributed by atoms with Gasteiger partial charge in [-0.3, -0.25) is 4.79 Å². The number of ether oxygens (including phenoxy) is 2. The van der Waals surface area contributed by atoms with Gasteiger partial charge in [0, 0.05) is 62.4 Å². The van der Waals surface area contributed by atoms with Crippen molar-refractivity contribution in [2.45, 2.75) is 36.0 Å². The lowest BCUT2D eigenvalue weighted by molar-refractivity contribution is -0.141. The van der Waals surface area contributed by atoms with Crippen LogP contribution in [0.15, 0.2) is 59.8 Å². The number of aromatic nitrogens is 2. The number of thioether (sulfide) groups is 1. The van der Waals surface area contributed by atoms with Gasteiger partial charge in [0.1, 0.15) is 11.6 Å². The molecule has 1 unspecified atom stereocenters. The molecule has 3 aromatic rings. The summed E-state index contributed by atoms with van der Waals surface area (Å²) in [5.74, 6) is 1.13. The molecule has 1 N–H and O–H groups in total. The van der Waals surface area contributed by atoms with E-state index in [1.54, 1.807) is 25.3 Å². The molecule has 2 aliphatic heterocycles. The molecule has 2 fully saturated rings. The first-order valence-corrected chi connectivity index (χ1v) is 14.5. The summed E-state index contributed by atoms with van der Waals surface area (Å²) in [6.45, 7) is 3.49. The molecule has 5 rings (SSSR count). The van der Waals surface area contributed by atoms with Crippen LogP contribution in [-0.4, -0.2) is 68.4 Å². The molecule has 218 valence electrons. The molecule has 0 aliphatic carbocycles. The molecule has 1 aromatic heterocycles. The van der Waals surface area contributed by atoms with Gasteiger partial charge >= 0.3 is 6.18 Å². The first-order valence-electron chi connectivity index (χ1n) is 13.5. The van der Waals surface area contributed by atoms with Crippen molar-refractivity contribution >= 4 is 29.2 Å². The van der Waals surface area contributed by atoms with Gasteiger partial charge in [0.15, 0.2) is 10.9 Å². The van der Waals surface area contributed by atoms with Crippen molar-refractivity contribution in [3.8, 4) is 5.75 Å². The normalized spacial score (nSPS) is 17.5. The van der Waals surface area contributed by atoms with E-state index in [4.69, 9.17) is 9.47 Å². The number of rotatable bonds is 9. The molecule has 2 saturated heterocycles. The molecule has 2 aliphatic rings. The van der Waals surface area contributed by atoms with Gasteiger partial charge in [-0.15, -0.1) is 0 Å². The zero-order chi connectivity index (χ0) is 28.8. The second-order valence-electron chi connectivity index (χ2n) is 9.90. The molecule has 0 bridgehead atoms. The van der Waals surface area contributed by atoms with Crippen LogP contribution in [-0.2, 0) is 16.7 Å². The fourth-order valence-corrected chi connectivity index (χ4v) is 5.63. The SMILES string of the molecule is COc1ccc(N2CCN(c3cc(C(F)(F)F)nc(SCc4cccc(C(=O)NCC5CCCO5)c4)n3)CC2)cc1. The van der Waals surface area contributed by atoms with E-state index < -0.39 is 11.9 Å². The Kier molecular flexibility index (Phi) is 9.19. The van der Waals surface area contributed by atoms with Gasteiger partial charge in [-0.25, -0.2) is 9.97 Å². The van der Waals surface area contributed by atoms with Crippen molar-refractivity contribution in [2.75, 3.05) is 56.2 Å². The van der Waals surface area contributed by atoms with Crippen LogP contribution in [0, 0.1) is 0 Å². The Morgan fingerprint density at radius 3 is 2.51 bits per heavy atom. The Balaban J connectivity index is 1.24. The van der Waals surface area contributed by atoms with Crippen molar-refractivity contribution in [1.82, 2.24) is 15.3 Å². The Hall–Kier alpha value is -3.51. The van der Waals surface area contributed by atoms with Crippen molar-refractivity contribution < 1.29 is 27.4 Å². The van der Waals surface area contributed by atoms with E-state index >= 15 is 0 Å². The summed E-state index contributed by atoms with van der Waals surface area (Å²) in [6, 6.07) is 15.8. The number of alkyl halides is 3. The Bertz CT molecular complexity index is 1330. The molecule has 0 saturated carbocycles. The summed E-state index contributed by atoms with van der Waals surface area (Å²) in [5, 5.41) is 2.94. The van der Waals surface area contributed by atoms with Crippen LogP contribution >= 0.6 is 11.8 Å². The summed E-state index contributed by atoms with van der Waals surface area (Å²) in [5.41, 5.74) is 1.34. The predicted molar refractivity (Wildman–Crippen MR) is 152 cm³/mol. The number of nitrogens with zero attached hydrogens (tertiary/aromatic N) is 4. The number of piperazine rings is 1. The zero-order valence-corrected chi connectivity index (χ0v) is 23.5. The summed E-state index contributed by atoms with van der Waals surface area (Å²) >= 11 is 1.11. The maximum absolute atomic E-state index is 13.8. The van der Waals surface area contributed by atoms with Crippen molar-refractivity contribution in [3.05, 3.63) is 71.4 Å². The van der Waals surface area contributed by atoms with Gasteiger partial charge in [-0.2, -0.15) is 13.2 Å². The third-order valence-electron chi connectivity index (χ3n) is 7.10.